The molecule has 0 aliphatic carbocycles. The van der Waals surface area contributed by atoms with Gasteiger partial charge >= 0.3 is 5.97 Å². The van der Waals surface area contributed by atoms with E-state index in [1.807, 2.05) is 6.07 Å². The molecule has 3 rings (SSSR count). The smallest absolute Gasteiger partial charge is 0.350 e. The molecule has 5 heteroatoms. The number of anilines is 2. The van der Waals surface area contributed by atoms with Crippen LogP contribution in [0.4, 0.5) is 10.7 Å². The second-order valence-electron chi connectivity index (χ2n) is 5.03. The lowest BCUT2D eigenvalue weighted by atomic mass is 10.0. The summed E-state index contributed by atoms with van der Waals surface area (Å²) in [4.78, 5) is 14.6. The van der Waals surface area contributed by atoms with E-state index in [9.17, 15) is 4.79 Å². The number of esters is 1. The monoisotopic (exact) mass is 302 g/mol. The van der Waals surface area contributed by atoms with Gasteiger partial charge in [-0.1, -0.05) is 24.3 Å². The van der Waals surface area contributed by atoms with E-state index in [2.05, 4.69) is 29.2 Å². The molecule has 0 amide bonds. The van der Waals surface area contributed by atoms with Crippen LogP contribution in [0, 0.1) is 0 Å². The topological polar surface area (TPSA) is 55.6 Å². The molecule has 0 saturated heterocycles. The molecular formula is C16H18N2O2S. The SMILES string of the molecule is CCOC(=O)c1sc(N2CCc3ccccc3C2)cc1N. The minimum Gasteiger partial charge on any atom is -0.462 e. The van der Waals surface area contributed by atoms with Crippen LogP contribution in [-0.2, 0) is 17.7 Å². The van der Waals surface area contributed by atoms with Gasteiger partial charge in [0.2, 0.25) is 0 Å². The average molecular weight is 302 g/mol. The van der Waals surface area contributed by atoms with Crippen molar-refractivity contribution in [3.05, 3.63) is 46.3 Å². The van der Waals surface area contributed by atoms with E-state index in [-0.39, 0.29) is 5.97 Å². The minimum absolute atomic E-state index is 0.330. The van der Waals surface area contributed by atoms with Crippen LogP contribution < -0.4 is 10.6 Å². The molecule has 1 aromatic heterocycles. The molecule has 21 heavy (non-hydrogen) atoms. The Hall–Kier alpha value is -2.01. The Bertz CT molecular complexity index is 666. The summed E-state index contributed by atoms with van der Waals surface area (Å²) in [5, 5.41) is 1.03. The highest BCUT2D eigenvalue weighted by atomic mass is 32.1. The molecule has 4 nitrogen and oxygen atoms in total. The summed E-state index contributed by atoms with van der Waals surface area (Å²) in [6, 6.07) is 10.4. The zero-order valence-electron chi connectivity index (χ0n) is 12.0. The Morgan fingerprint density at radius 2 is 2.14 bits per heavy atom. The number of nitrogen functional groups attached to an aromatic ring is 1. The second kappa shape index (κ2) is 5.77. The molecule has 0 saturated carbocycles. The molecule has 2 aromatic rings. The fourth-order valence-electron chi connectivity index (χ4n) is 2.59. The Kier molecular flexibility index (Phi) is 3.84. The van der Waals surface area contributed by atoms with Crippen molar-refractivity contribution < 1.29 is 9.53 Å². The molecular weight excluding hydrogens is 284 g/mol. The molecule has 1 aliphatic rings. The Morgan fingerprint density at radius 1 is 1.38 bits per heavy atom. The van der Waals surface area contributed by atoms with Gasteiger partial charge in [-0.2, -0.15) is 0 Å². The summed E-state index contributed by atoms with van der Waals surface area (Å²) in [5.41, 5.74) is 9.21. The van der Waals surface area contributed by atoms with Crippen molar-refractivity contribution in [2.75, 3.05) is 23.8 Å². The summed E-state index contributed by atoms with van der Waals surface area (Å²) in [5.74, 6) is -0.330. The number of nitrogens with two attached hydrogens (primary N) is 1. The van der Waals surface area contributed by atoms with Gasteiger partial charge in [0.25, 0.3) is 0 Å². The van der Waals surface area contributed by atoms with Crippen molar-refractivity contribution in [1.29, 1.82) is 0 Å². The molecule has 0 radical (unpaired) electrons. The van der Waals surface area contributed by atoms with E-state index in [0.29, 0.717) is 17.2 Å². The number of thiophene rings is 1. The van der Waals surface area contributed by atoms with Crippen molar-refractivity contribution in [3.8, 4) is 0 Å². The van der Waals surface area contributed by atoms with Gasteiger partial charge in [-0.3, -0.25) is 0 Å². The van der Waals surface area contributed by atoms with Crippen LogP contribution in [0.15, 0.2) is 30.3 Å². The van der Waals surface area contributed by atoms with Gasteiger partial charge in [-0.25, -0.2) is 4.79 Å². The van der Waals surface area contributed by atoms with Crippen LogP contribution in [0.1, 0.15) is 27.7 Å². The first-order valence-electron chi connectivity index (χ1n) is 7.07. The summed E-state index contributed by atoms with van der Waals surface area (Å²) >= 11 is 1.42. The highest BCUT2D eigenvalue weighted by Crippen LogP contribution is 2.35. The van der Waals surface area contributed by atoms with Crippen LogP contribution in [0.2, 0.25) is 0 Å². The Morgan fingerprint density at radius 3 is 2.90 bits per heavy atom. The number of rotatable bonds is 3. The van der Waals surface area contributed by atoms with Gasteiger partial charge in [-0.15, -0.1) is 11.3 Å². The maximum Gasteiger partial charge on any atom is 0.350 e. The third kappa shape index (κ3) is 2.74. The summed E-state index contributed by atoms with van der Waals surface area (Å²) < 4.78 is 5.04. The summed E-state index contributed by atoms with van der Waals surface area (Å²) in [6.45, 7) is 3.96. The van der Waals surface area contributed by atoms with E-state index in [1.54, 1.807) is 6.92 Å². The van der Waals surface area contributed by atoms with Gasteiger partial charge in [0, 0.05) is 13.1 Å². The molecule has 1 aromatic carbocycles. The molecule has 0 atom stereocenters. The molecule has 0 bridgehead atoms. The molecule has 110 valence electrons. The van der Waals surface area contributed by atoms with Crippen LogP contribution in [-0.4, -0.2) is 19.1 Å². The Balaban J connectivity index is 1.83. The number of fused-ring (bicyclic) bond motifs is 1. The molecule has 2 N–H and O–H groups in total. The first-order chi connectivity index (χ1) is 10.2. The zero-order chi connectivity index (χ0) is 14.8. The van der Waals surface area contributed by atoms with E-state index in [0.717, 1.165) is 24.5 Å². The quantitative estimate of drug-likeness (QED) is 0.885. The third-order valence-electron chi connectivity index (χ3n) is 3.65. The lowest BCUT2D eigenvalue weighted by Crippen LogP contribution is -2.29. The lowest BCUT2D eigenvalue weighted by Gasteiger charge is -2.29. The van der Waals surface area contributed by atoms with Crippen LogP contribution in [0.3, 0.4) is 0 Å². The maximum atomic E-state index is 11.8. The van der Waals surface area contributed by atoms with Gasteiger partial charge in [0.15, 0.2) is 0 Å². The number of carbonyl (C=O) groups is 1. The van der Waals surface area contributed by atoms with Crippen LogP contribution in [0.25, 0.3) is 0 Å². The van der Waals surface area contributed by atoms with E-state index < -0.39 is 0 Å². The van der Waals surface area contributed by atoms with E-state index >= 15 is 0 Å². The van der Waals surface area contributed by atoms with E-state index in [1.165, 1.54) is 22.5 Å². The van der Waals surface area contributed by atoms with Crippen LogP contribution in [0.5, 0.6) is 0 Å². The number of nitrogens with zero attached hydrogens (tertiary/aromatic N) is 1. The van der Waals surface area contributed by atoms with Gasteiger partial charge in [0.05, 0.1) is 17.3 Å². The van der Waals surface area contributed by atoms with Crippen molar-refractivity contribution >= 4 is 28.0 Å². The van der Waals surface area contributed by atoms with Gasteiger partial charge in [-0.05, 0) is 30.5 Å². The highest BCUT2D eigenvalue weighted by Gasteiger charge is 2.21. The van der Waals surface area contributed by atoms with Crippen molar-refractivity contribution in [3.63, 3.8) is 0 Å². The first-order valence-corrected chi connectivity index (χ1v) is 7.89. The summed E-state index contributed by atoms with van der Waals surface area (Å²) in [6.07, 6.45) is 1.02. The number of hydrogen-bond donors (Lipinski definition) is 1. The predicted molar refractivity (Wildman–Crippen MR) is 85.9 cm³/mol. The normalized spacial score (nSPS) is 13.9. The van der Waals surface area contributed by atoms with E-state index in [4.69, 9.17) is 10.5 Å². The Labute approximate surface area is 128 Å². The number of ether oxygens (including phenoxy) is 1. The lowest BCUT2D eigenvalue weighted by molar-refractivity contribution is 0.0533. The molecule has 0 spiro atoms. The fraction of sp³-hybridized carbons (Fsp3) is 0.312. The number of hydrogen-bond acceptors (Lipinski definition) is 5. The summed E-state index contributed by atoms with van der Waals surface area (Å²) in [7, 11) is 0. The fourth-order valence-corrected chi connectivity index (χ4v) is 3.59. The number of benzene rings is 1. The molecule has 0 unspecified atom stereocenters. The van der Waals surface area contributed by atoms with Crippen molar-refractivity contribution in [2.45, 2.75) is 19.9 Å². The van der Waals surface area contributed by atoms with Gasteiger partial charge in [0.1, 0.15) is 4.88 Å². The van der Waals surface area contributed by atoms with Crippen molar-refractivity contribution in [2.24, 2.45) is 0 Å². The average Bonchev–Trinajstić information content (AvgIpc) is 2.89. The molecule has 0 fully saturated rings. The zero-order valence-corrected chi connectivity index (χ0v) is 12.8. The standard InChI is InChI=1S/C16H18N2O2S/c1-2-20-16(19)15-13(17)9-14(21-15)18-8-7-11-5-3-4-6-12(11)10-18/h3-6,9H,2,7-8,10,17H2,1H3. The van der Waals surface area contributed by atoms with Gasteiger partial charge < -0.3 is 15.4 Å². The van der Waals surface area contributed by atoms with Crippen LogP contribution >= 0.6 is 11.3 Å². The second-order valence-corrected chi connectivity index (χ2v) is 6.06. The molecule has 1 aliphatic heterocycles. The highest BCUT2D eigenvalue weighted by molar-refractivity contribution is 7.18. The van der Waals surface area contributed by atoms with Crippen molar-refractivity contribution in [1.82, 2.24) is 0 Å². The maximum absolute atomic E-state index is 11.8. The predicted octanol–water partition coefficient (Wildman–Crippen LogP) is 3.07. The first kappa shape index (κ1) is 13.9. The minimum atomic E-state index is -0.330. The number of carbonyl (C=O) groups excluding carboxylic acids is 1. The largest absolute Gasteiger partial charge is 0.462 e. The molecule has 2 heterocycles. The third-order valence-corrected chi connectivity index (χ3v) is 4.84.